The molecule has 0 aromatic rings. The van der Waals surface area contributed by atoms with Crippen LogP contribution in [0.25, 0.3) is 0 Å². The third-order valence-corrected chi connectivity index (χ3v) is 1.56. The number of hydrogen-bond donors (Lipinski definition) is 0. The molecule has 0 saturated carbocycles. The first-order valence-corrected chi connectivity index (χ1v) is 4.19. The smallest absolute Gasteiger partial charge is 0.310 e. The molecule has 1 fully saturated rings. The van der Waals surface area contributed by atoms with Crippen molar-refractivity contribution in [2.24, 2.45) is 5.92 Å². The largest absolute Gasteiger partial charge is 0.433 e. The van der Waals surface area contributed by atoms with Gasteiger partial charge in [0.25, 0.3) is 0 Å². The van der Waals surface area contributed by atoms with Gasteiger partial charge in [-0.15, -0.1) is 0 Å². The van der Waals surface area contributed by atoms with E-state index >= 15 is 0 Å². The lowest BCUT2D eigenvalue weighted by Gasteiger charge is -2.21. The molecule has 4 heteroatoms. The zero-order valence-corrected chi connectivity index (χ0v) is 7.41. The summed E-state index contributed by atoms with van der Waals surface area (Å²) < 4.78 is 4.97. The Bertz CT molecular complexity index is 149. The Hall–Kier alpha value is -0.610. The Morgan fingerprint density at radius 3 is 2.83 bits per heavy atom. The molecule has 1 aliphatic heterocycles. The molecule has 0 aliphatic carbocycles. The lowest BCUT2D eigenvalue weighted by Crippen LogP contribution is -2.27. The summed E-state index contributed by atoms with van der Waals surface area (Å²) in [7, 11) is 0. The molecule has 1 unspecified atom stereocenters. The minimum Gasteiger partial charge on any atom is -0.433 e. The van der Waals surface area contributed by atoms with Crippen LogP contribution in [-0.2, 0) is 19.3 Å². The summed E-state index contributed by atoms with van der Waals surface area (Å²) in [5.41, 5.74) is 0. The molecular weight excluding hydrogens is 160 g/mol. The van der Waals surface area contributed by atoms with Crippen LogP contribution in [0.3, 0.4) is 0 Å². The van der Waals surface area contributed by atoms with E-state index in [0.717, 1.165) is 12.8 Å². The molecule has 0 amide bonds. The summed E-state index contributed by atoms with van der Waals surface area (Å²) in [6, 6.07) is 0. The van der Waals surface area contributed by atoms with Gasteiger partial charge in [-0.05, 0) is 6.42 Å². The molecule has 0 aromatic carbocycles. The molecule has 0 N–H and O–H groups in total. The van der Waals surface area contributed by atoms with E-state index in [1.54, 1.807) is 13.8 Å². The van der Waals surface area contributed by atoms with Crippen LogP contribution < -0.4 is 0 Å². The monoisotopic (exact) mass is 174 g/mol. The molecule has 0 radical (unpaired) electrons. The van der Waals surface area contributed by atoms with Gasteiger partial charge >= 0.3 is 5.97 Å². The van der Waals surface area contributed by atoms with Crippen LogP contribution >= 0.6 is 0 Å². The van der Waals surface area contributed by atoms with Gasteiger partial charge in [-0.3, -0.25) is 4.79 Å². The molecule has 0 bridgehead atoms. The number of carbonyl (C=O) groups excluding carboxylic acids is 1. The van der Waals surface area contributed by atoms with Crippen LogP contribution in [0.2, 0.25) is 0 Å². The number of hydrogen-bond acceptors (Lipinski definition) is 4. The van der Waals surface area contributed by atoms with Crippen LogP contribution in [0, 0.1) is 5.92 Å². The van der Waals surface area contributed by atoms with E-state index < -0.39 is 6.29 Å². The van der Waals surface area contributed by atoms with E-state index in [2.05, 4.69) is 4.89 Å². The Kier molecular flexibility index (Phi) is 3.49. The molecule has 12 heavy (non-hydrogen) atoms. The Balaban J connectivity index is 2.24. The Labute approximate surface area is 71.7 Å². The van der Waals surface area contributed by atoms with Gasteiger partial charge in [0, 0.05) is 6.42 Å². The van der Waals surface area contributed by atoms with Crippen LogP contribution in [0.4, 0.5) is 0 Å². The second-order valence-electron chi connectivity index (χ2n) is 3.08. The van der Waals surface area contributed by atoms with Crippen molar-refractivity contribution in [3.63, 3.8) is 0 Å². The lowest BCUT2D eigenvalue weighted by atomic mass is 10.2. The molecule has 0 spiro atoms. The van der Waals surface area contributed by atoms with E-state index in [0.29, 0.717) is 6.61 Å². The van der Waals surface area contributed by atoms with Crippen LogP contribution in [0.5, 0.6) is 0 Å². The molecule has 70 valence electrons. The highest BCUT2D eigenvalue weighted by Gasteiger charge is 2.20. The van der Waals surface area contributed by atoms with Gasteiger partial charge in [-0.1, -0.05) is 13.8 Å². The Morgan fingerprint density at radius 1 is 1.58 bits per heavy atom. The van der Waals surface area contributed by atoms with E-state index in [-0.39, 0.29) is 11.9 Å². The lowest BCUT2D eigenvalue weighted by molar-refractivity contribution is -0.390. The van der Waals surface area contributed by atoms with E-state index in [1.165, 1.54) is 0 Å². The first-order chi connectivity index (χ1) is 5.70. The summed E-state index contributed by atoms with van der Waals surface area (Å²) in [5.74, 6) is -0.360. The van der Waals surface area contributed by atoms with Gasteiger partial charge in [-0.25, -0.2) is 4.89 Å². The van der Waals surface area contributed by atoms with Gasteiger partial charge in [0.05, 0.1) is 12.5 Å². The maximum atomic E-state index is 11.1. The van der Waals surface area contributed by atoms with Crippen molar-refractivity contribution < 1.29 is 19.3 Å². The van der Waals surface area contributed by atoms with Crippen molar-refractivity contribution in [1.29, 1.82) is 0 Å². The number of esters is 1. The molecule has 0 aromatic heterocycles. The van der Waals surface area contributed by atoms with Crippen molar-refractivity contribution in [3.05, 3.63) is 0 Å². The van der Waals surface area contributed by atoms with Crippen molar-refractivity contribution in [2.75, 3.05) is 6.61 Å². The highest BCUT2D eigenvalue weighted by molar-refractivity contribution is 5.71. The maximum absolute atomic E-state index is 11.1. The van der Waals surface area contributed by atoms with Gasteiger partial charge in [0.1, 0.15) is 0 Å². The zero-order valence-electron chi connectivity index (χ0n) is 7.41. The fourth-order valence-electron chi connectivity index (χ4n) is 0.825. The topological polar surface area (TPSA) is 44.8 Å². The van der Waals surface area contributed by atoms with Crippen LogP contribution in [-0.4, -0.2) is 18.9 Å². The third-order valence-electron chi connectivity index (χ3n) is 1.56. The average molecular weight is 174 g/mol. The number of rotatable bonds is 2. The number of ether oxygens (including phenoxy) is 1. The maximum Gasteiger partial charge on any atom is 0.310 e. The van der Waals surface area contributed by atoms with E-state index in [1.807, 2.05) is 0 Å². The minimum atomic E-state index is -0.506. The van der Waals surface area contributed by atoms with E-state index in [9.17, 15) is 4.79 Å². The van der Waals surface area contributed by atoms with Gasteiger partial charge in [-0.2, -0.15) is 4.89 Å². The Morgan fingerprint density at radius 2 is 2.33 bits per heavy atom. The molecule has 1 heterocycles. The summed E-state index contributed by atoms with van der Waals surface area (Å²) in [6.45, 7) is 4.15. The third kappa shape index (κ3) is 2.79. The SMILES string of the molecule is CC(C)C(=O)OC1CCCOO1. The minimum absolute atomic E-state index is 0.115. The summed E-state index contributed by atoms with van der Waals surface area (Å²) in [4.78, 5) is 20.5. The van der Waals surface area contributed by atoms with Crippen molar-refractivity contribution in [1.82, 2.24) is 0 Å². The van der Waals surface area contributed by atoms with Crippen LogP contribution in [0.1, 0.15) is 26.7 Å². The van der Waals surface area contributed by atoms with Crippen molar-refractivity contribution in [2.45, 2.75) is 33.0 Å². The van der Waals surface area contributed by atoms with E-state index in [4.69, 9.17) is 9.62 Å². The average Bonchev–Trinajstić information content (AvgIpc) is 2.06. The molecule has 1 aliphatic rings. The van der Waals surface area contributed by atoms with Crippen LogP contribution in [0.15, 0.2) is 0 Å². The molecule has 4 nitrogen and oxygen atoms in total. The molecule has 1 rings (SSSR count). The fourth-order valence-corrected chi connectivity index (χ4v) is 0.825. The molecule has 1 saturated heterocycles. The highest BCUT2D eigenvalue weighted by atomic mass is 17.2. The normalized spacial score (nSPS) is 24.1. The first kappa shape index (κ1) is 9.48. The molecule has 1 atom stereocenters. The zero-order chi connectivity index (χ0) is 8.97. The molecular formula is C8H14O4. The first-order valence-electron chi connectivity index (χ1n) is 4.19. The summed E-state index contributed by atoms with van der Waals surface area (Å²) in [6.07, 6.45) is 1.09. The predicted molar refractivity (Wildman–Crippen MR) is 41.0 cm³/mol. The number of carbonyl (C=O) groups is 1. The van der Waals surface area contributed by atoms with Crippen molar-refractivity contribution in [3.8, 4) is 0 Å². The highest BCUT2D eigenvalue weighted by Crippen LogP contribution is 2.13. The fraction of sp³-hybridized carbons (Fsp3) is 0.875. The standard InChI is InChI=1S/C8H14O4/c1-6(2)8(9)11-7-4-3-5-10-12-7/h6-7H,3-5H2,1-2H3. The summed E-state index contributed by atoms with van der Waals surface area (Å²) >= 11 is 0. The second-order valence-corrected chi connectivity index (χ2v) is 3.08. The van der Waals surface area contributed by atoms with Gasteiger partial charge in [0.2, 0.25) is 6.29 Å². The van der Waals surface area contributed by atoms with Gasteiger partial charge in [0.15, 0.2) is 0 Å². The van der Waals surface area contributed by atoms with Crippen molar-refractivity contribution >= 4 is 5.97 Å². The predicted octanol–water partition coefficient (Wildman–Crippen LogP) is 1.25. The second kappa shape index (κ2) is 4.42. The quantitative estimate of drug-likeness (QED) is 0.467. The van der Waals surface area contributed by atoms with Gasteiger partial charge < -0.3 is 4.74 Å². The summed E-state index contributed by atoms with van der Waals surface area (Å²) in [5, 5.41) is 0.